The van der Waals surface area contributed by atoms with Gasteiger partial charge in [0.1, 0.15) is 0 Å². The lowest BCUT2D eigenvalue weighted by atomic mass is 9.89. The van der Waals surface area contributed by atoms with E-state index in [4.69, 9.17) is 5.11 Å². The van der Waals surface area contributed by atoms with Crippen molar-refractivity contribution in [1.82, 2.24) is 4.90 Å². The normalized spacial score (nSPS) is 25.5. The summed E-state index contributed by atoms with van der Waals surface area (Å²) in [6.07, 6.45) is 2.10. The summed E-state index contributed by atoms with van der Waals surface area (Å²) >= 11 is 0. The van der Waals surface area contributed by atoms with Gasteiger partial charge in [-0.3, -0.25) is 9.59 Å². The number of hydrogen-bond donors (Lipinski definition) is 1. The van der Waals surface area contributed by atoms with Gasteiger partial charge in [-0.2, -0.15) is 0 Å². The first-order valence-corrected chi connectivity index (χ1v) is 6.81. The van der Waals surface area contributed by atoms with Crippen molar-refractivity contribution in [3.8, 4) is 0 Å². The van der Waals surface area contributed by atoms with E-state index in [1.807, 2.05) is 0 Å². The minimum Gasteiger partial charge on any atom is -0.481 e. The molecule has 0 aromatic rings. The van der Waals surface area contributed by atoms with Gasteiger partial charge in [0.15, 0.2) is 0 Å². The second kappa shape index (κ2) is 5.72. The molecular formula is C14H25NO3. The highest BCUT2D eigenvalue weighted by atomic mass is 16.4. The molecule has 1 heterocycles. The van der Waals surface area contributed by atoms with E-state index < -0.39 is 11.4 Å². The topological polar surface area (TPSA) is 57.6 Å². The fourth-order valence-corrected chi connectivity index (χ4v) is 2.55. The summed E-state index contributed by atoms with van der Waals surface area (Å²) in [6, 6.07) is 0. The van der Waals surface area contributed by atoms with E-state index >= 15 is 0 Å². The molecule has 4 heteroatoms. The molecule has 0 radical (unpaired) electrons. The number of carboxylic acid groups (broad SMARTS) is 1. The van der Waals surface area contributed by atoms with Crippen molar-refractivity contribution >= 4 is 11.9 Å². The van der Waals surface area contributed by atoms with Crippen LogP contribution in [0.15, 0.2) is 0 Å². The number of rotatable bonds is 5. The Hall–Kier alpha value is -1.06. The molecule has 1 saturated heterocycles. The smallest absolute Gasteiger partial charge is 0.311 e. The number of carbonyl (C=O) groups excluding carboxylic acids is 1. The molecule has 2 atom stereocenters. The zero-order chi connectivity index (χ0) is 13.9. The lowest BCUT2D eigenvalue weighted by Crippen LogP contribution is -2.35. The first-order valence-electron chi connectivity index (χ1n) is 6.81. The van der Waals surface area contributed by atoms with Crippen LogP contribution in [0.3, 0.4) is 0 Å². The highest BCUT2D eigenvalue weighted by molar-refractivity contribution is 5.80. The lowest BCUT2D eigenvalue weighted by Gasteiger charge is -2.24. The minimum absolute atomic E-state index is 0.112. The Labute approximate surface area is 109 Å². The largest absolute Gasteiger partial charge is 0.481 e. The van der Waals surface area contributed by atoms with Gasteiger partial charge in [-0.1, -0.05) is 27.2 Å². The van der Waals surface area contributed by atoms with E-state index in [0.717, 1.165) is 6.42 Å². The summed E-state index contributed by atoms with van der Waals surface area (Å²) in [5.74, 6) is 0.204. The number of nitrogens with zero attached hydrogens (tertiary/aromatic N) is 1. The molecule has 0 aliphatic carbocycles. The van der Waals surface area contributed by atoms with E-state index in [2.05, 4.69) is 20.8 Å². The Balaban J connectivity index is 2.57. The molecule has 1 rings (SSSR count). The fourth-order valence-electron chi connectivity index (χ4n) is 2.55. The van der Waals surface area contributed by atoms with Crippen LogP contribution >= 0.6 is 0 Å². The predicted molar refractivity (Wildman–Crippen MR) is 70.2 cm³/mol. The van der Waals surface area contributed by atoms with Crippen LogP contribution in [-0.2, 0) is 9.59 Å². The van der Waals surface area contributed by atoms with E-state index in [1.165, 1.54) is 0 Å². The number of aliphatic carboxylic acids is 1. The summed E-state index contributed by atoms with van der Waals surface area (Å²) in [7, 11) is 0. The number of likely N-dealkylation sites (tertiary alicyclic amines) is 1. The summed E-state index contributed by atoms with van der Waals surface area (Å²) in [5, 5.41) is 9.15. The van der Waals surface area contributed by atoms with Crippen molar-refractivity contribution in [2.24, 2.45) is 17.3 Å². The monoisotopic (exact) mass is 255 g/mol. The van der Waals surface area contributed by atoms with Gasteiger partial charge >= 0.3 is 5.97 Å². The maximum Gasteiger partial charge on any atom is 0.311 e. The van der Waals surface area contributed by atoms with Gasteiger partial charge in [-0.15, -0.1) is 0 Å². The van der Waals surface area contributed by atoms with Gasteiger partial charge in [0.05, 0.1) is 5.41 Å². The van der Waals surface area contributed by atoms with Crippen molar-refractivity contribution in [1.29, 1.82) is 0 Å². The Morgan fingerprint density at radius 1 is 1.39 bits per heavy atom. The SMILES string of the molecule is CCC(CC(=O)N1CCC(C)(C(=O)O)C1)C(C)C. The first-order chi connectivity index (χ1) is 8.30. The van der Waals surface area contributed by atoms with Crippen LogP contribution in [0, 0.1) is 17.3 Å². The van der Waals surface area contributed by atoms with Crippen molar-refractivity contribution in [3.05, 3.63) is 0 Å². The molecule has 2 unspecified atom stereocenters. The zero-order valence-corrected chi connectivity index (χ0v) is 11.9. The first kappa shape index (κ1) is 15.0. The second-order valence-electron chi connectivity index (χ2n) is 6.05. The Kier molecular flexibility index (Phi) is 4.77. The third kappa shape index (κ3) is 3.24. The highest BCUT2D eigenvalue weighted by Crippen LogP contribution is 2.31. The minimum atomic E-state index is -0.797. The average Bonchev–Trinajstić information content (AvgIpc) is 2.69. The van der Waals surface area contributed by atoms with Crippen LogP contribution in [0.25, 0.3) is 0 Å². The molecular weight excluding hydrogens is 230 g/mol. The van der Waals surface area contributed by atoms with E-state index in [0.29, 0.717) is 37.8 Å². The third-order valence-electron chi connectivity index (χ3n) is 4.25. The van der Waals surface area contributed by atoms with E-state index in [9.17, 15) is 9.59 Å². The van der Waals surface area contributed by atoms with Crippen LogP contribution in [-0.4, -0.2) is 35.0 Å². The molecule has 1 N–H and O–H groups in total. The third-order valence-corrected chi connectivity index (χ3v) is 4.25. The maximum absolute atomic E-state index is 12.2. The summed E-state index contributed by atoms with van der Waals surface area (Å²) in [5.41, 5.74) is -0.755. The molecule has 0 aromatic carbocycles. The maximum atomic E-state index is 12.2. The van der Waals surface area contributed by atoms with Crippen molar-refractivity contribution in [2.75, 3.05) is 13.1 Å². The number of carboxylic acids is 1. The van der Waals surface area contributed by atoms with Crippen LogP contribution in [0.2, 0.25) is 0 Å². The summed E-state index contributed by atoms with van der Waals surface area (Å²) in [4.78, 5) is 25.0. The molecule has 0 bridgehead atoms. The lowest BCUT2D eigenvalue weighted by molar-refractivity contribution is -0.147. The number of hydrogen-bond acceptors (Lipinski definition) is 2. The van der Waals surface area contributed by atoms with Gasteiger partial charge in [0.25, 0.3) is 0 Å². The summed E-state index contributed by atoms with van der Waals surface area (Å²) < 4.78 is 0. The van der Waals surface area contributed by atoms with Crippen molar-refractivity contribution in [3.63, 3.8) is 0 Å². The average molecular weight is 255 g/mol. The fraction of sp³-hybridized carbons (Fsp3) is 0.857. The molecule has 1 fully saturated rings. The Morgan fingerprint density at radius 2 is 2.00 bits per heavy atom. The van der Waals surface area contributed by atoms with Gasteiger partial charge in [0, 0.05) is 19.5 Å². The molecule has 0 aromatic heterocycles. The molecule has 1 aliphatic heterocycles. The highest BCUT2D eigenvalue weighted by Gasteiger charge is 2.42. The zero-order valence-electron chi connectivity index (χ0n) is 11.9. The number of carbonyl (C=O) groups is 2. The van der Waals surface area contributed by atoms with Crippen molar-refractivity contribution in [2.45, 2.75) is 47.0 Å². The van der Waals surface area contributed by atoms with Gasteiger partial charge in [0.2, 0.25) is 5.91 Å². The number of amides is 1. The second-order valence-corrected chi connectivity index (χ2v) is 6.05. The van der Waals surface area contributed by atoms with Crippen LogP contribution in [0.1, 0.15) is 47.0 Å². The van der Waals surface area contributed by atoms with Crippen LogP contribution < -0.4 is 0 Å². The van der Waals surface area contributed by atoms with Gasteiger partial charge in [-0.05, 0) is 25.2 Å². The summed E-state index contributed by atoms with van der Waals surface area (Å²) in [6.45, 7) is 9.02. The molecule has 104 valence electrons. The molecule has 1 amide bonds. The molecule has 1 aliphatic rings. The van der Waals surface area contributed by atoms with Crippen LogP contribution in [0.4, 0.5) is 0 Å². The van der Waals surface area contributed by atoms with Crippen molar-refractivity contribution < 1.29 is 14.7 Å². The van der Waals surface area contributed by atoms with Crippen LogP contribution in [0.5, 0.6) is 0 Å². The quantitative estimate of drug-likeness (QED) is 0.820. The van der Waals surface area contributed by atoms with Gasteiger partial charge in [-0.25, -0.2) is 0 Å². The molecule has 0 saturated carbocycles. The molecule has 18 heavy (non-hydrogen) atoms. The Morgan fingerprint density at radius 3 is 2.39 bits per heavy atom. The van der Waals surface area contributed by atoms with Gasteiger partial charge < -0.3 is 10.0 Å². The predicted octanol–water partition coefficient (Wildman–Crippen LogP) is 2.38. The Bertz CT molecular complexity index is 327. The molecule has 4 nitrogen and oxygen atoms in total. The molecule has 0 spiro atoms. The van der Waals surface area contributed by atoms with E-state index in [-0.39, 0.29) is 5.91 Å². The van der Waals surface area contributed by atoms with E-state index in [1.54, 1.807) is 11.8 Å². The standard InChI is InChI=1S/C14H25NO3/c1-5-11(10(2)3)8-12(16)15-7-6-14(4,9-15)13(17)18/h10-11H,5-9H2,1-4H3,(H,17,18).